The summed E-state index contributed by atoms with van der Waals surface area (Å²) < 4.78 is 2.20. The topological polar surface area (TPSA) is 85.1 Å². The molecule has 0 fully saturated rings. The van der Waals surface area contributed by atoms with E-state index >= 15 is 0 Å². The van der Waals surface area contributed by atoms with E-state index in [-0.39, 0.29) is 12.0 Å². The Labute approximate surface area is 123 Å². The monoisotopic (exact) mass is 311 g/mol. The fourth-order valence-electron chi connectivity index (χ4n) is 1.58. The van der Waals surface area contributed by atoms with Crippen LogP contribution in [0.4, 0.5) is 0 Å². The summed E-state index contributed by atoms with van der Waals surface area (Å²) in [7, 11) is 0. The second-order valence-corrected chi connectivity index (χ2v) is 6.30. The lowest BCUT2D eigenvalue weighted by molar-refractivity contribution is -0.136. The van der Waals surface area contributed by atoms with Gasteiger partial charge in [-0.05, 0) is 25.6 Å². The molecule has 0 saturated carbocycles. The number of aromatic nitrogens is 3. The fourth-order valence-corrected chi connectivity index (χ4v) is 3.73. The predicted octanol–water partition coefficient (Wildman–Crippen LogP) is 1.81. The van der Waals surface area contributed by atoms with Gasteiger partial charge in [-0.1, -0.05) is 0 Å². The number of aryl methyl sites for hydroxylation is 2. The normalized spacial score (nSPS) is 10.7. The van der Waals surface area contributed by atoms with Gasteiger partial charge >= 0.3 is 5.97 Å². The highest BCUT2D eigenvalue weighted by atomic mass is 32.2. The summed E-state index contributed by atoms with van der Waals surface area (Å²) in [6.45, 7) is 4.23. The molecule has 2 aromatic rings. The van der Waals surface area contributed by atoms with Gasteiger partial charge in [0.05, 0.1) is 12.1 Å². The smallest absolute Gasteiger partial charge is 0.308 e. The van der Waals surface area contributed by atoms with Crippen molar-refractivity contribution in [3.05, 3.63) is 33.3 Å². The summed E-state index contributed by atoms with van der Waals surface area (Å²) in [5.41, 5.74) is 0.527. The molecule has 0 atom stereocenters. The first-order valence-electron chi connectivity index (χ1n) is 5.92. The molecule has 0 saturated heterocycles. The van der Waals surface area contributed by atoms with E-state index in [1.54, 1.807) is 23.9 Å². The van der Waals surface area contributed by atoms with Crippen LogP contribution in [0.5, 0.6) is 0 Å². The molecule has 0 unspecified atom stereocenters. The Kier molecular flexibility index (Phi) is 4.56. The van der Waals surface area contributed by atoms with Crippen molar-refractivity contribution in [1.29, 1.82) is 0 Å². The average molecular weight is 311 g/mol. The van der Waals surface area contributed by atoms with Gasteiger partial charge in [0.2, 0.25) is 0 Å². The summed E-state index contributed by atoms with van der Waals surface area (Å²) in [4.78, 5) is 31.8. The Hall–Kier alpha value is -1.67. The van der Waals surface area contributed by atoms with Gasteiger partial charge in [-0.3, -0.25) is 9.59 Å². The van der Waals surface area contributed by atoms with Crippen LogP contribution in [-0.2, 0) is 17.8 Å². The van der Waals surface area contributed by atoms with Gasteiger partial charge in [-0.2, -0.15) is 0 Å². The largest absolute Gasteiger partial charge is 0.481 e. The van der Waals surface area contributed by atoms with Crippen LogP contribution in [-0.4, -0.2) is 25.6 Å². The van der Waals surface area contributed by atoms with Crippen LogP contribution < -0.4 is 5.56 Å². The molecule has 0 aliphatic rings. The molecule has 2 heterocycles. The van der Waals surface area contributed by atoms with E-state index in [4.69, 9.17) is 5.11 Å². The maximum absolute atomic E-state index is 12.0. The molecule has 1 N–H and O–H groups in total. The minimum Gasteiger partial charge on any atom is -0.481 e. The molecule has 0 bridgehead atoms. The highest BCUT2D eigenvalue weighted by molar-refractivity contribution is 8.01. The molecular formula is C12H13N3O3S2. The van der Waals surface area contributed by atoms with Crippen LogP contribution in [0.15, 0.2) is 26.6 Å². The minimum absolute atomic E-state index is 0.0501. The third-order valence-electron chi connectivity index (χ3n) is 2.59. The first-order valence-corrected chi connectivity index (χ1v) is 7.56. The summed E-state index contributed by atoms with van der Waals surface area (Å²) in [5, 5.41) is 9.16. The van der Waals surface area contributed by atoms with Crippen molar-refractivity contribution >= 4 is 29.1 Å². The van der Waals surface area contributed by atoms with E-state index in [0.29, 0.717) is 26.5 Å². The van der Waals surface area contributed by atoms with Crippen molar-refractivity contribution in [2.45, 2.75) is 36.2 Å². The highest BCUT2D eigenvalue weighted by Gasteiger charge is 2.14. The first-order chi connectivity index (χ1) is 9.51. The van der Waals surface area contributed by atoms with Crippen LogP contribution >= 0.6 is 23.1 Å². The van der Waals surface area contributed by atoms with Gasteiger partial charge in [-0.15, -0.1) is 11.3 Å². The van der Waals surface area contributed by atoms with Gasteiger partial charge < -0.3 is 9.67 Å². The number of carboxylic acid groups (broad SMARTS) is 1. The number of carboxylic acids is 1. The quantitative estimate of drug-likeness (QED) is 0.906. The van der Waals surface area contributed by atoms with E-state index in [1.165, 1.54) is 23.1 Å². The number of aliphatic carboxylic acids is 1. The highest BCUT2D eigenvalue weighted by Crippen LogP contribution is 2.30. The lowest BCUT2D eigenvalue weighted by atomic mass is 10.3. The van der Waals surface area contributed by atoms with Crippen LogP contribution in [0.3, 0.4) is 0 Å². The lowest BCUT2D eigenvalue weighted by Gasteiger charge is -2.02. The molecule has 8 heteroatoms. The molecule has 0 aliphatic carbocycles. The van der Waals surface area contributed by atoms with Crippen molar-refractivity contribution in [1.82, 2.24) is 14.5 Å². The molecule has 2 aromatic heterocycles. The average Bonchev–Trinajstić information content (AvgIpc) is 2.71. The van der Waals surface area contributed by atoms with Crippen molar-refractivity contribution < 1.29 is 9.90 Å². The number of hydrogen-bond acceptors (Lipinski definition) is 6. The van der Waals surface area contributed by atoms with Gasteiger partial charge in [0.25, 0.3) is 5.56 Å². The van der Waals surface area contributed by atoms with Gasteiger partial charge in [0.1, 0.15) is 0 Å². The van der Waals surface area contributed by atoms with E-state index in [9.17, 15) is 9.59 Å². The summed E-state index contributed by atoms with van der Waals surface area (Å²) in [6.07, 6.45) is 3.16. The molecule has 20 heavy (non-hydrogen) atoms. The molecule has 6 nitrogen and oxygen atoms in total. The van der Waals surface area contributed by atoms with Crippen LogP contribution in [0.1, 0.15) is 17.5 Å². The maximum Gasteiger partial charge on any atom is 0.308 e. The Bertz CT molecular complexity index is 693. The lowest BCUT2D eigenvalue weighted by Crippen LogP contribution is -2.20. The van der Waals surface area contributed by atoms with E-state index in [2.05, 4.69) is 9.97 Å². The van der Waals surface area contributed by atoms with E-state index in [0.717, 1.165) is 0 Å². The predicted molar refractivity (Wildman–Crippen MR) is 76.5 cm³/mol. The number of thiazole rings is 1. The maximum atomic E-state index is 12.0. The number of hydrogen-bond donors (Lipinski definition) is 1. The van der Waals surface area contributed by atoms with Gasteiger partial charge in [0.15, 0.2) is 9.37 Å². The van der Waals surface area contributed by atoms with Crippen molar-refractivity contribution in [2.24, 2.45) is 0 Å². The van der Waals surface area contributed by atoms with Crippen LogP contribution in [0.25, 0.3) is 0 Å². The second-order valence-electron chi connectivity index (χ2n) is 3.98. The Balaban J connectivity index is 2.27. The summed E-state index contributed by atoms with van der Waals surface area (Å²) in [6, 6.07) is 0. The van der Waals surface area contributed by atoms with Crippen LogP contribution in [0.2, 0.25) is 0 Å². The molecule has 106 valence electrons. The standard InChI is InChI=1S/C12H13N3O3S2/c1-3-15-5-4-13-10(11(15)18)20-12-14-7(2)8(19-12)6-9(16)17/h4-5H,3,6H2,1-2H3,(H,16,17). The molecule has 0 aromatic carbocycles. The van der Waals surface area contributed by atoms with Gasteiger partial charge in [-0.25, -0.2) is 9.97 Å². The fraction of sp³-hybridized carbons (Fsp3) is 0.333. The molecule has 0 radical (unpaired) electrons. The minimum atomic E-state index is -0.889. The third kappa shape index (κ3) is 3.26. The van der Waals surface area contributed by atoms with Crippen LogP contribution in [0, 0.1) is 6.92 Å². The van der Waals surface area contributed by atoms with Crippen molar-refractivity contribution in [3.8, 4) is 0 Å². The zero-order chi connectivity index (χ0) is 14.7. The Morgan fingerprint density at radius 1 is 1.55 bits per heavy atom. The Morgan fingerprint density at radius 2 is 2.30 bits per heavy atom. The summed E-state index contributed by atoms with van der Waals surface area (Å²) in [5.74, 6) is -0.889. The Morgan fingerprint density at radius 3 is 2.95 bits per heavy atom. The van der Waals surface area contributed by atoms with E-state index < -0.39 is 5.97 Å². The molecular weight excluding hydrogens is 298 g/mol. The molecule has 0 aliphatic heterocycles. The zero-order valence-electron chi connectivity index (χ0n) is 11.0. The van der Waals surface area contributed by atoms with Crippen molar-refractivity contribution in [3.63, 3.8) is 0 Å². The second kappa shape index (κ2) is 6.19. The zero-order valence-corrected chi connectivity index (χ0v) is 12.6. The third-order valence-corrected chi connectivity index (χ3v) is 4.78. The molecule has 0 spiro atoms. The molecule has 2 rings (SSSR count). The number of carbonyl (C=O) groups is 1. The SMILES string of the molecule is CCn1ccnc(Sc2nc(C)c(CC(=O)O)s2)c1=O. The molecule has 0 amide bonds. The summed E-state index contributed by atoms with van der Waals surface area (Å²) >= 11 is 2.46. The van der Waals surface area contributed by atoms with E-state index in [1.807, 2.05) is 6.92 Å². The van der Waals surface area contributed by atoms with Gasteiger partial charge in [0, 0.05) is 23.8 Å². The van der Waals surface area contributed by atoms with Crippen molar-refractivity contribution in [2.75, 3.05) is 0 Å². The number of rotatable bonds is 5. The number of nitrogens with zero attached hydrogens (tertiary/aromatic N) is 3. The first kappa shape index (κ1) is 14.7.